The SMILES string of the molecule is COc1cc(CNCC2(C)CCCO2)cc(OC)c1O. The molecule has 112 valence electrons. The van der Waals surface area contributed by atoms with Crippen molar-refractivity contribution in [3.8, 4) is 17.2 Å². The van der Waals surface area contributed by atoms with Crippen LogP contribution in [0.2, 0.25) is 0 Å². The third-order valence-corrected chi connectivity index (χ3v) is 3.67. The molecule has 0 saturated carbocycles. The average Bonchev–Trinajstić information content (AvgIpc) is 2.87. The molecular formula is C15H23NO4. The minimum Gasteiger partial charge on any atom is -0.502 e. The lowest BCUT2D eigenvalue weighted by atomic mass is 10.0. The normalized spacial score (nSPS) is 21.9. The van der Waals surface area contributed by atoms with E-state index in [4.69, 9.17) is 14.2 Å². The summed E-state index contributed by atoms with van der Waals surface area (Å²) in [5.74, 6) is 0.874. The molecule has 1 aromatic carbocycles. The Labute approximate surface area is 119 Å². The largest absolute Gasteiger partial charge is 0.502 e. The number of aromatic hydroxyl groups is 1. The molecule has 1 saturated heterocycles. The molecule has 2 N–H and O–H groups in total. The molecular weight excluding hydrogens is 258 g/mol. The van der Waals surface area contributed by atoms with E-state index in [-0.39, 0.29) is 11.4 Å². The van der Waals surface area contributed by atoms with Gasteiger partial charge in [0.05, 0.1) is 19.8 Å². The fourth-order valence-corrected chi connectivity index (χ4v) is 2.50. The number of methoxy groups -OCH3 is 2. The van der Waals surface area contributed by atoms with Crippen LogP contribution in [0.25, 0.3) is 0 Å². The van der Waals surface area contributed by atoms with Crippen LogP contribution >= 0.6 is 0 Å². The molecule has 20 heavy (non-hydrogen) atoms. The van der Waals surface area contributed by atoms with Crippen LogP contribution in [0.4, 0.5) is 0 Å². The maximum absolute atomic E-state index is 9.86. The predicted octanol–water partition coefficient (Wildman–Crippen LogP) is 2.07. The highest BCUT2D eigenvalue weighted by Crippen LogP contribution is 2.37. The van der Waals surface area contributed by atoms with E-state index in [0.717, 1.165) is 31.6 Å². The molecule has 0 bridgehead atoms. The molecule has 0 aromatic heterocycles. The van der Waals surface area contributed by atoms with Crippen LogP contribution in [0.15, 0.2) is 12.1 Å². The van der Waals surface area contributed by atoms with Crippen molar-refractivity contribution < 1.29 is 19.3 Å². The summed E-state index contributed by atoms with van der Waals surface area (Å²) in [4.78, 5) is 0. The van der Waals surface area contributed by atoms with Gasteiger partial charge in [-0.2, -0.15) is 0 Å². The van der Waals surface area contributed by atoms with Gasteiger partial charge in [-0.25, -0.2) is 0 Å². The van der Waals surface area contributed by atoms with Crippen LogP contribution in [0.1, 0.15) is 25.3 Å². The van der Waals surface area contributed by atoms with Gasteiger partial charge in [-0.1, -0.05) is 0 Å². The fourth-order valence-electron chi connectivity index (χ4n) is 2.50. The first-order chi connectivity index (χ1) is 9.58. The number of ether oxygens (including phenoxy) is 3. The van der Waals surface area contributed by atoms with Crippen LogP contribution in [0, 0.1) is 0 Å². The zero-order valence-corrected chi connectivity index (χ0v) is 12.4. The van der Waals surface area contributed by atoms with Crippen molar-refractivity contribution in [1.29, 1.82) is 0 Å². The first-order valence-corrected chi connectivity index (χ1v) is 6.86. The number of hydrogen-bond donors (Lipinski definition) is 2. The van der Waals surface area contributed by atoms with Gasteiger partial charge in [0, 0.05) is 19.7 Å². The quantitative estimate of drug-likeness (QED) is 0.836. The van der Waals surface area contributed by atoms with E-state index < -0.39 is 0 Å². The molecule has 1 aliphatic heterocycles. The molecule has 5 heteroatoms. The van der Waals surface area contributed by atoms with Gasteiger partial charge in [0.15, 0.2) is 11.5 Å². The minimum absolute atomic E-state index is 0.0323. The molecule has 1 atom stereocenters. The first kappa shape index (κ1) is 14.9. The monoisotopic (exact) mass is 281 g/mol. The van der Waals surface area contributed by atoms with Gasteiger partial charge in [-0.05, 0) is 37.5 Å². The van der Waals surface area contributed by atoms with Gasteiger partial charge in [-0.3, -0.25) is 0 Å². The van der Waals surface area contributed by atoms with Crippen molar-refractivity contribution in [2.45, 2.75) is 31.9 Å². The summed E-state index contributed by atoms with van der Waals surface area (Å²) in [5.41, 5.74) is 0.934. The fraction of sp³-hybridized carbons (Fsp3) is 0.600. The molecule has 1 fully saturated rings. The van der Waals surface area contributed by atoms with Gasteiger partial charge in [-0.15, -0.1) is 0 Å². The zero-order valence-electron chi connectivity index (χ0n) is 12.4. The second kappa shape index (κ2) is 6.33. The highest BCUT2D eigenvalue weighted by atomic mass is 16.5. The Hall–Kier alpha value is -1.46. The van der Waals surface area contributed by atoms with E-state index in [1.54, 1.807) is 0 Å². The summed E-state index contributed by atoms with van der Waals surface area (Å²) >= 11 is 0. The number of hydrogen-bond acceptors (Lipinski definition) is 5. The van der Waals surface area contributed by atoms with Crippen molar-refractivity contribution in [3.63, 3.8) is 0 Å². The molecule has 5 nitrogen and oxygen atoms in total. The van der Waals surface area contributed by atoms with Crippen molar-refractivity contribution >= 4 is 0 Å². The Balaban J connectivity index is 1.98. The zero-order chi connectivity index (χ0) is 14.6. The van der Waals surface area contributed by atoms with E-state index in [1.807, 2.05) is 12.1 Å². The maximum Gasteiger partial charge on any atom is 0.200 e. The van der Waals surface area contributed by atoms with Gasteiger partial charge >= 0.3 is 0 Å². The Kier molecular flexibility index (Phi) is 4.73. The van der Waals surface area contributed by atoms with Crippen LogP contribution in [0.5, 0.6) is 17.2 Å². The van der Waals surface area contributed by atoms with Crippen molar-refractivity contribution in [1.82, 2.24) is 5.32 Å². The standard InChI is InChI=1S/C15H23NO4/c1-15(5-4-6-20-15)10-16-9-11-7-12(18-2)14(17)13(8-11)19-3/h7-8,16-17H,4-6,9-10H2,1-3H3. The summed E-state index contributed by atoms with van der Waals surface area (Å²) in [7, 11) is 3.05. The minimum atomic E-state index is -0.0644. The molecule has 0 amide bonds. The smallest absolute Gasteiger partial charge is 0.200 e. The summed E-state index contributed by atoms with van der Waals surface area (Å²) in [5, 5.41) is 13.3. The van der Waals surface area contributed by atoms with Crippen LogP contribution < -0.4 is 14.8 Å². The molecule has 0 radical (unpaired) electrons. The Morgan fingerprint density at radius 3 is 2.45 bits per heavy atom. The number of benzene rings is 1. The van der Waals surface area contributed by atoms with E-state index in [9.17, 15) is 5.11 Å². The number of rotatable bonds is 6. The predicted molar refractivity (Wildman–Crippen MR) is 76.5 cm³/mol. The molecule has 1 aliphatic rings. The van der Waals surface area contributed by atoms with E-state index in [1.165, 1.54) is 14.2 Å². The Morgan fingerprint density at radius 1 is 1.30 bits per heavy atom. The number of phenols is 1. The summed E-state index contributed by atoms with van der Waals surface area (Å²) < 4.78 is 16.0. The van der Waals surface area contributed by atoms with Gasteiger partial charge in [0.25, 0.3) is 0 Å². The first-order valence-electron chi connectivity index (χ1n) is 6.86. The topological polar surface area (TPSA) is 60.0 Å². The lowest BCUT2D eigenvalue weighted by Gasteiger charge is -2.23. The number of phenolic OH excluding ortho intramolecular Hbond substituents is 1. The lowest BCUT2D eigenvalue weighted by molar-refractivity contribution is 0.0207. The van der Waals surface area contributed by atoms with E-state index >= 15 is 0 Å². The average molecular weight is 281 g/mol. The molecule has 1 unspecified atom stereocenters. The molecule has 1 aromatic rings. The van der Waals surface area contributed by atoms with Gasteiger partial charge in [0.1, 0.15) is 0 Å². The Morgan fingerprint density at radius 2 is 1.95 bits per heavy atom. The molecule has 0 spiro atoms. The third kappa shape index (κ3) is 3.35. The van der Waals surface area contributed by atoms with E-state index in [0.29, 0.717) is 18.0 Å². The molecule has 2 rings (SSSR count). The second-order valence-electron chi connectivity index (χ2n) is 5.35. The van der Waals surface area contributed by atoms with Gasteiger partial charge < -0.3 is 24.6 Å². The summed E-state index contributed by atoms with van der Waals surface area (Å²) in [6.07, 6.45) is 2.21. The second-order valence-corrected chi connectivity index (χ2v) is 5.35. The van der Waals surface area contributed by atoms with Gasteiger partial charge in [0.2, 0.25) is 5.75 Å². The van der Waals surface area contributed by atoms with Crippen molar-refractivity contribution in [3.05, 3.63) is 17.7 Å². The summed E-state index contributed by atoms with van der Waals surface area (Å²) in [6, 6.07) is 3.62. The lowest BCUT2D eigenvalue weighted by Crippen LogP contribution is -2.36. The number of nitrogens with one attached hydrogen (secondary N) is 1. The van der Waals surface area contributed by atoms with Crippen molar-refractivity contribution in [2.75, 3.05) is 27.4 Å². The molecule has 1 heterocycles. The van der Waals surface area contributed by atoms with Crippen LogP contribution in [-0.2, 0) is 11.3 Å². The van der Waals surface area contributed by atoms with E-state index in [2.05, 4.69) is 12.2 Å². The van der Waals surface area contributed by atoms with Crippen LogP contribution in [0.3, 0.4) is 0 Å². The van der Waals surface area contributed by atoms with Crippen molar-refractivity contribution in [2.24, 2.45) is 0 Å². The maximum atomic E-state index is 9.86. The highest BCUT2D eigenvalue weighted by molar-refractivity contribution is 5.52. The highest BCUT2D eigenvalue weighted by Gasteiger charge is 2.29. The Bertz CT molecular complexity index is 430. The molecule has 0 aliphatic carbocycles. The summed E-state index contributed by atoms with van der Waals surface area (Å²) in [6.45, 7) is 4.45. The third-order valence-electron chi connectivity index (χ3n) is 3.67. The van der Waals surface area contributed by atoms with Crippen LogP contribution in [-0.4, -0.2) is 38.1 Å².